The Labute approximate surface area is 715 Å². The number of piperidine rings is 2. The lowest BCUT2D eigenvalue weighted by molar-refractivity contribution is -0.255. The summed E-state index contributed by atoms with van der Waals surface area (Å²) in [6, 6.07) is 21.0. The van der Waals surface area contributed by atoms with Crippen molar-refractivity contribution in [3.05, 3.63) is 168 Å². The number of ether oxygens (including phenoxy) is 6. The molecule has 6 rings (SSSR count). The smallest absolute Gasteiger partial charge is 0.202 e. The molecule has 664 valence electrons. The first-order valence-corrected chi connectivity index (χ1v) is 38.8. The van der Waals surface area contributed by atoms with E-state index in [0.29, 0.717) is 60.2 Å². The lowest BCUT2D eigenvalue weighted by Gasteiger charge is -2.51. The Morgan fingerprint density at radius 3 is 0.815 bits per heavy atom. The third-order valence-electron chi connectivity index (χ3n) is 18.0. The van der Waals surface area contributed by atoms with Gasteiger partial charge in [0.15, 0.2) is 46.0 Å². The normalized spacial score (nSPS) is 15.5. The lowest BCUT2D eigenvalue weighted by Crippen LogP contribution is -2.61. The molecule has 0 aromatic heterocycles. The highest BCUT2D eigenvalue weighted by atomic mass is 16.5. The minimum atomic E-state index is -0.424. The van der Waals surface area contributed by atoms with Crippen LogP contribution >= 0.6 is 0 Å². The Morgan fingerprint density at radius 1 is 0.319 bits per heavy atom. The number of hydrogen-bond donors (Lipinski definition) is 4. The molecule has 20 heteroatoms. The van der Waals surface area contributed by atoms with Gasteiger partial charge in [-0.1, -0.05) is 242 Å². The molecule has 0 bridgehead atoms. The van der Waals surface area contributed by atoms with Crippen LogP contribution < -0.4 is 28.4 Å². The Kier molecular flexibility index (Phi) is 48.8. The largest absolute Gasteiger partial charge is 0.504 e. The summed E-state index contributed by atoms with van der Waals surface area (Å²) in [6.07, 6.45) is 31.7. The first-order chi connectivity index (χ1) is 52.7. The molecule has 0 amide bonds. The average molecular weight is 1660 g/mol. The molecule has 0 spiro atoms. The zero-order chi connectivity index (χ0) is 86.4. The summed E-state index contributed by atoms with van der Waals surface area (Å²) in [5, 5.41) is 43.1. The molecule has 2 fully saturated rings. The second-order valence-electron chi connectivity index (χ2n) is 35.6. The van der Waals surface area contributed by atoms with Crippen LogP contribution in [0.1, 0.15) is 275 Å². The maximum atomic E-state index is 12.2. The maximum absolute atomic E-state index is 12.2. The molecule has 4 aromatic carbocycles. The van der Waals surface area contributed by atoms with Gasteiger partial charge in [0, 0.05) is 99.2 Å². The van der Waals surface area contributed by atoms with Gasteiger partial charge in [-0.3, -0.25) is 38.4 Å². The molecule has 0 radical (unpaired) electrons. The number of phenols is 2. The molecule has 0 saturated carbocycles. The van der Waals surface area contributed by atoms with E-state index in [-0.39, 0.29) is 145 Å². The van der Waals surface area contributed by atoms with Gasteiger partial charge in [-0.2, -0.15) is 10.1 Å². The molecule has 2 heterocycles. The minimum absolute atomic E-state index is 0. The van der Waals surface area contributed by atoms with Gasteiger partial charge in [0.25, 0.3) is 0 Å². The molecule has 2 aliphatic rings. The number of phenolic OH excluding ortho intramolecular Hbond substituents is 2. The highest BCUT2D eigenvalue weighted by Gasteiger charge is 2.47. The fraction of sp³-hybridized carbons (Fsp3) is 0.515. The Hall–Kier alpha value is -9.60. The molecular weight excluding hydrogens is 1510 g/mol. The molecule has 119 heavy (non-hydrogen) atoms. The zero-order valence-corrected chi connectivity index (χ0v) is 72.2. The summed E-state index contributed by atoms with van der Waals surface area (Å²) in [5.41, 5.74) is 1.52. The number of carbonyl (C=O) groups is 8. The van der Waals surface area contributed by atoms with Crippen molar-refractivity contribution in [3.63, 3.8) is 0 Å². The van der Waals surface area contributed by atoms with E-state index in [1.807, 2.05) is 205 Å². The van der Waals surface area contributed by atoms with E-state index in [1.54, 1.807) is 105 Å². The number of Topliss-reactive ketones (excluding diaryl/α,β-unsaturated/α-hetero) is 8. The quantitative estimate of drug-likeness (QED) is 0.0261. The zero-order valence-electron chi connectivity index (χ0n) is 72.2. The van der Waals surface area contributed by atoms with Crippen LogP contribution in [0, 0.1) is 21.7 Å². The van der Waals surface area contributed by atoms with E-state index in [4.69, 9.17) is 28.4 Å². The summed E-state index contributed by atoms with van der Waals surface area (Å²) in [4.78, 5) is 95.3. The highest BCUT2D eigenvalue weighted by molar-refractivity contribution is 6.39. The van der Waals surface area contributed by atoms with Crippen molar-refractivity contribution in [1.29, 1.82) is 0 Å². The van der Waals surface area contributed by atoms with E-state index in [9.17, 15) is 59.0 Å². The molecule has 4 aromatic rings. The standard InChI is InChI=1S/2C28H41NO5.2C19H24O4.5CH4/c1-26(2,3)16-10-13-23(31)22(30)12-9-11-20-14-15-24(25(17-20)33-8)34-21-18-27(4,5)29(32)28(6,7)19-21;1-26(2,3)16-10-13-23(31)22(30)12-9-11-20-14-15-24(33-8)25(17-20)34-21-18-27(4,5)29(32)28(6,7)19-21;1-19(2,3)12-6-9-16(21)15(20)8-5-7-14-10-11-18(23-4)17(22)13-14;1-19(2,3)12-6-9-16(21)15(20)8-5-7-14-10-11-17(22)18(13-14)23-4;;;;;/h2*9-11,14-17,21,32H,12-13,18-19H2,1-8H3;2*5-7,10-13,22H,8-9H2,1-4H3;5*1H4/b2*11-9-,16-10-;2*7-5-,12-6-;;;;;. The number of hydroxylamine groups is 4. The fourth-order valence-corrected chi connectivity index (χ4v) is 12.5. The van der Waals surface area contributed by atoms with E-state index < -0.39 is 56.9 Å². The Morgan fingerprint density at radius 2 is 0.546 bits per heavy atom. The first-order valence-electron chi connectivity index (χ1n) is 38.8. The van der Waals surface area contributed by atoms with Crippen LogP contribution in [0.4, 0.5) is 0 Å². The molecule has 0 unspecified atom stereocenters. The van der Waals surface area contributed by atoms with Crippen LogP contribution in [-0.2, 0) is 38.4 Å². The van der Waals surface area contributed by atoms with E-state index in [1.165, 1.54) is 36.5 Å². The number of ketones is 8. The van der Waals surface area contributed by atoms with Crippen LogP contribution in [0.5, 0.6) is 46.0 Å². The number of nitrogens with zero attached hydrogens (tertiary/aromatic N) is 2. The number of benzene rings is 4. The molecule has 20 nitrogen and oxygen atoms in total. The molecule has 2 saturated heterocycles. The first kappa shape index (κ1) is 114. The second kappa shape index (κ2) is 51.1. The third-order valence-corrected chi connectivity index (χ3v) is 18.0. The number of methoxy groups -OCH3 is 4. The Balaban J connectivity index is -0.00000151. The van der Waals surface area contributed by atoms with Gasteiger partial charge in [0.2, 0.25) is 46.3 Å². The van der Waals surface area contributed by atoms with Crippen molar-refractivity contribution < 1.29 is 87.4 Å². The fourth-order valence-electron chi connectivity index (χ4n) is 12.5. The minimum Gasteiger partial charge on any atom is -0.504 e. The SMILES string of the molecule is C.C.C.C.C.COc1cc(/C=C\CC(=O)C(=O)C/C=C\C(C)(C)C)ccc1O.COc1cc(/C=C\CC(=O)C(=O)C/C=C\C(C)(C)C)ccc1OC1CC(C)(C)N(O)C(C)(C)C1.COc1ccc(/C=C\CC(=O)C(=O)C/C=C\C(C)(C)C)cc1O.COc1ccc(/C=C\CC(=O)C(=O)C/C=C\C(C)(C)C)cc1OC1CC(C)(C)N(O)C(C)(C)C1. The summed E-state index contributed by atoms with van der Waals surface area (Å²) < 4.78 is 33.6. The number of carbonyl (C=O) groups excluding carboxylic acids is 8. The summed E-state index contributed by atoms with van der Waals surface area (Å²) >= 11 is 0. The molecule has 4 N–H and O–H groups in total. The van der Waals surface area contributed by atoms with Crippen molar-refractivity contribution in [2.45, 2.75) is 287 Å². The van der Waals surface area contributed by atoms with Crippen LogP contribution in [0.25, 0.3) is 24.3 Å². The van der Waals surface area contributed by atoms with Crippen molar-refractivity contribution >= 4 is 70.6 Å². The molecule has 0 atom stereocenters. The molecule has 2 aliphatic heterocycles. The predicted octanol–water partition coefficient (Wildman–Crippen LogP) is 23.1. The van der Waals surface area contributed by atoms with Gasteiger partial charge in [-0.05, 0) is 148 Å². The molecular formula is C99H150N2O18. The lowest BCUT2D eigenvalue weighted by atomic mass is 9.80. The monoisotopic (exact) mass is 1660 g/mol. The van der Waals surface area contributed by atoms with Crippen molar-refractivity contribution in [2.75, 3.05) is 28.4 Å². The number of allylic oxidation sites excluding steroid dienone is 12. The highest BCUT2D eigenvalue weighted by Crippen LogP contribution is 2.43. The van der Waals surface area contributed by atoms with Crippen LogP contribution in [0.15, 0.2) is 146 Å². The van der Waals surface area contributed by atoms with Gasteiger partial charge < -0.3 is 49.0 Å². The van der Waals surface area contributed by atoms with Gasteiger partial charge in [-0.25, -0.2) is 0 Å². The summed E-state index contributed by atoms with van der Waals surface area (Å²) in [5.74, 6) is 0.121. The summed E-state index contributed by atoms with van der Waals surface area (Å²) in [7, 11) is 6.13. The Bertz CT molecular complexity index is 4130. The van der Waals surface area contributed by atoms with Crippen LogP contribution in [0.2, 0.25) is 0 Å². The maximum Gasteiger partial charge on any atom is 0.202 e. The van der Waals surface area contributed by atoms with Gasteiger partial charge in [-0.15, -0.1) is 0 Å². The van der Waals surface area contributed by atoms with Crippen LogP contribution in [-0.4, -0.2) is 140 Å². The van der Waals surface area contributed by atoms with Crippen molar-refractivity contribution in [1.82, 2.24) is 10.1 Å². The average Bonchev–Trinajstić information content (AvgIpc) is 0.780. The van der Waals surface area contributed by atoms with Gasteiger partial charge >= 0.3 is 0 Å². The summed E-state index contributed by atoms with van der Waals surface area (Å²) in [6.45, 7) is 40.5. The van der Waals surface area contributed by atoms with E-state index in [0.717, 1.165) is 22.3 Å². The topological polar surface area (TPSA) is 279 Å². The van der Waals surface area contributed by atoms with E-state index >= 15 is 0 Å². The predicted molar refractivity (Wildman–Crippen MR) is 487 cm³/mol. The third kappa shape index (κ3) is 42.3. The van der Waals surface area contributed by atoms with Gasteiger partial charge in [0.1, 0.15) is 12.2 Å². The van der Waals surface area contributed by atoms with Crippen molar-refractivity contribution in [2.24, 2.45) is 21.7 Å². The van der Waals surface area contributed by atoms with Gasteiger partial charge in [0.05, 0.1) is 28.4 Å². The number of hydrogen-bond acceptors (Lipinski definition) is 20. The second-order valence-corrected chi connectivity index (χ2v) is 35.6. The van der Waals surface area contributed by atoms with Crippen molar-refractivity contribution in [3.8, 4) is 46.0 Å². The number of rotatable bonds is 32. The van der Waals surface area contributed by atoms with E-state index in [2.05, 4.69) is 0 Å². The molecule has 0 aliphatic carbocycles. The number of aromatic hydroxyl groups is 2. The van der Waals surface area contributed by atoms with Crippen LogP contribution in [0.3, 0.4) is 0 Å².